The Morgan fingerprint density at radius 3 is 2.76 bits per heavy atom. The molecule has 1 aromatic heterocycles. The van der Waals surface area contributed by atoms with E-state index in [-0.39, 0.29) is 17.2 Å². The maximum atomic E-state index is 11.9. The topological polar surface area (TPSA) is 68.0 Å². The first-order chi connectivity index (χ1) is 7.92. The van der Waals surface area contributed by atoms with Crippen molar-refractivity contribution in [3.05, 3.63) is 16.6 Å². The smallest absolute Gasteiger partial charge is 0.224 e. The van der Waals surface area contributed by atoms with Crippen LogP contribution in [-0.4, -0.2) is 17.4 Å². The average molecular weight is 255 g/mol. The minimum absolute atomic E-state index is 0.0378. The summed E-state index contributed by atoms with van der Waals surface area (Å²) in [4.78, 5) is 17.0. The number of rotatable bonds is 5. The summed E-state index contributed by atoms with van der Waals surface area (Å²) in [6, 6.07) is 0. The highest BCUT2D eigenvalue weighted by Gasteiger charge is 2.23. The molecule has 0 spiro atoms. The van der Waals surface area contributed by atoms with Gasteiger partial charge in [-0.1, -0.05) is 20.8 Å². The van der Waals surface area contributed by atoms with Crippen molar-refractivity contribution in [3.8, 4) is 0 Å². The number of carbonyl (C=O) groups is 1. The summed E-state index contributed by atoms with van der Waals surface area (Å²) in [5, 5.41) is 2.91. The van der Waals surface area contributed by atoms with Crippen LogP contribution in [0.3, 0.4) is 0 Å². The zero-order chi connectivity index (χ0) is 12.9. The molecule has 0 saturated carbocycles. The molecule has 0 radical (unpaired) electrons. The van der Waals surface area contributed by atoms with E-state index < -0.39 is 0 Å². The van der Waals surface area contributed by atoms with Crippen LogP contribution in [-0.2, 0) is 11.3 Å². The average Bonchev–Trinajstić information content (AvgIpc) is 2.74. The maximum absolute atomic E-state index is 11.9. The maximum Gasteiger partial charge on any atom is 0.224 e. The summed E-state index contributed by atoms with van der Waals surface area (Å²) in [5.41, 5.74) is 7.54. The third-order valence-electron chi connectivity index (χ3n) is 2.43. The van der Waals surface area contributed by atoms with Crippen molar-refractivity contribution in [2.75, 3.05) is 6.54 Å². The molecule has 1 unspecified atom stereocenters. The van der Waals surface area contributed by atoms with Crippen LogP contribution in [0.2, 0.25) is 0 Å². The molecule has 1 rings (SSSR count). The summed E-state index contributed by atoms with van der Waals surface area (Å²) >= 11 is 1.54. The van der Waals surface area contributed by atoms with Gasteiger partial charge in [-0.15, -0.1) is 11.3 Å². The molecule has 4 nitrogen and oxygen atoms in total. The highest BCUT2D eigenvalue weighted by atomic mass is 32.1. The molecule has 0 aliphatic carbocycles. The van der Waals surface area contributed by atoms with Crippen molar-refractivity contribution in [3.63, 3.8) is 0 Å². The van der Waals surface area contributed by atoms with Gasteiger partial charge < -0.3 is 11.1 Å². The standard InChI is InChI=1S/C12H21N3OS/c1-12(2,3)4-9(5-13)11(16)15-7-10-6-14-8-17-10/h6,8-9H,4-5,7,13H2,1-3H3,(H,15,16). The SMILES string of the molecule is CC(C)(C)CC(CN)C(=O)NCc1cncs1. The van der Waals surface area contributed by atoms with Crippen LogP contribution in [0, 0.1) is 11.3 Å². The van der Waals surface area contributed by atoms with E-state index in [1.165, 1.54) is 0 Å². The van der Waals surface area contributed by atoms with E-state index >= 15 is 0 Å². The Balaban J connectivity index is 2.44. The molecule has 96 valence electrons. The molecule has 17 heavy (non-hydrogen) atoms. The largest absolute Gasteiger partial charge is 0.351 e. The molecule has 0 aliphatic rings. The van der Waals surface area contributed by atoms with E-state index in [4.69, 9.17) is 5.73 Å². The second kappa shape index (κ2) is 6.12. The quantitative estimate of drug-likeness (QED) is 0.842. The molecule has 1 amide bonds. The first-order valence-corrected chi connectivity index (χ1v) is 6.65. The summed E-state index contributed by atoms with van der Waals surface area (Å²) in [6.07, 6.45) is 2.57. The van der Waals surface area contributed by atoms with E-state index in [9.17, 15) is 4.79 Å². The van der Waals surface area contributed by atoms with Gasteiger partial charge in [0.05, 0.1) is 18.0 Å². The zero-order valence-electron chi connectivity index (χ0n) is 10.7. The van der Waals surface area contributed by atoms with Gasteiger partial charge in [-0.25, -0.2) is 0 Å². The number of aromatic nitrogens is 1. The number of nitrogens with one attached hydrogen (secondary N) is 1. The predicted octanol–water partition coefficient (Wildman–Crippen LogP) is 1.77. The zero-order valence-corrected chi connectivity index (χ0v) is 11.5. The second-order valence-electron chi connectivity index (χ2n) is 5.38. The van der Waals surface area contributed by atoms with Gasteiger partial charge in [0.15, 0.2) is 0 Å². The number of hydrogen-bond donors (Lipinski definition) is 2. The molecular weight excluding hydrogens is 234 g/mol. The Bertz CT molecular complexity index is 343. The van der Waals surface area contributed by atoms with Crippen LogP contribution in [0.1, 0.15) is 32.1 Å². The summed E-state index contributed by atoms with van der Waals surface area (Å²) in [5.74, 6) is -0.0706. The van der Waals surface area contributed by atoms with Crippen molar-refractivity contribution in [1.82, 2.24) is 10.3 Å². The minimum Gasteiger partial charge on any atom is -0.351 e. The molecule has 0 saturated heterocycles. The van der Waals surface area contributed by atoms with Crippen molar-refractivity contribution in [2.24, 2.45) is 17.1 Å². The van der Waals surface area contributed by atoms with Crippen LogP contribution in [0.25, 0.3) is 0 Å². The van der Waals surface area contributed by atoms with Crippen LogP contribution in [0.4, 0.5) is 0 Å². The van der Waals surface area contributed by atoms with Crippen LogP contribution >= 0.6 is 11.3 Å². The third-order valence-corrected chi connectivity index (χ3v) is 3.21. The predicted molar refractivity (Wildman–Crippen MR) is 70.6 cm³/mol. The molecule has 0 fully saturated rings. The lowest BCUT2D eigenvalue weighted by Crippen LogP contribution is -2.36. The van der Waals surface area contributed by atoms with Gasteiger partial charge >= 0.3 is 0 Å². The van der Waals surface area contributed by atoms with Gasteiger partial charge in [0.1, 0.15) is 0 Å². The Morgan fingerprint density at radius 1 is 1.59 bits per heavy atom. The Morgan fingerprint density at radius 2 is 2.29 bits per heavy atom. The number of nitrogens with two attached hydrogens (primary N) is 1. The molecule has 0 aliphatic heterocycles. The molecule has 1 heterocycles. The Labute approximate surface area is 107 Å². The lowest BCUT2D eigenvalue weighted by atomic mass is 9.84. The summed E-state index contributed by atoms with van der Waals surface area (Å²) in [6.45, 7) is 7.29. The van der Waals surface area contributed by atoms with E-state index in [0.717, 1.165) is 11.3 Å². The van der Waals surface area contributed by atoms with Crippen LogP contribution in [0.15, 0.2) is 11.7 Å². The molecule has 3 N–H and O–H groups in total. The highest BCUT2D eigenvalue weighted by molar-refractivity contribution is 7.09. The lowest BCUT2D eigenvalue weighted by Gasteiger charge is -2.24. The van der Waals surface area contributed by atoms with Crippen LogP contribution in [0.5, 0.6) is 0 Å². The first kappa shape index (κ1) is 14.1. The molecule has 1 atom stereocenters. The third kappa shape index (κ3) is 5.28. The number of amides is 1. The van der Waals surface area contributed by atoms with E-state index in [1.807, 2.05) is 0 Å². The summed E-state index contributed by atoms with van der Waals surface area (Å²) < 4.78 is 0. The summed E-state index contributed by atoms with van der Waals surface area (Å²) in [7, 11) is 0. The second-order valence-corrected chi connectivity index (χ2v) is 6.35. The van der Waals surface area contributed by atoms with E-state index in [2.05, 4.69) is 31.1 Å². The first-order valence-electron chi connectivity index (χ1n) is 5.77. The van der Waals surface area contributed by atoms with Gasteiger partial charge in [-0.05, 0) is 11.8 Å². The van der Waals surface area contributed by atoms with Crippen molar-refractivity contribution in [1.29, 1.82) is 0 Å². The van der Waals surface area contributed by atoms with E-state index in [0.29, 0.717) is 13.1 Å². The minimum atomic E-state index is -0.108. The number of hydrogen-bond acceptors (Lipinski definition) is 4. The van der Waals surface area contributed by atoms with Gasteiger partial charge in [0.25, 0.3) is 0 Å². The van der Waals surface area contributed by atoms with Crippen molar-refractivity contribution in [2.45, 2.75) is 33.7 Å². The molecular formula is C12H21N3OS. The fraction of sp³-hybridized carbons (Fsp3) is 0.667. The molecule has 0 aromatic carbocycles. The monoisotopic (exact) mass is 255 g/mol. The number of nitrogens with zero attached hydrogens (tertiary/aromatic N) is 1. The molecule has 5 heteroatoms. The Hall–Kier alpha value is -0.940. The Kier molecular flexibility index (Phi) is 5.08. The van der Waals surface area contributed by atoms with Gasteiger partial charge in [0.2, 0.25) is 5.91 Å². The van der Waals surface area contributed by atoms with Crippen LogP contribution < -0.4 is 11.1 Å². The van der Waals surface area contributed by atoms with Crippen molar-refractivity contribution < 1.29 is 4.79 Å². The van der Waals surface area contributed by atoms with Gasteiger partial charge in [-0.2, -0.15) is 0 Å². The fourth-order valence-electron chi connectivity index (χ4n) is 1.67. The highest BCUT2D eigenvalue weighted by Crippen LogP contribution is 2.24. The molecule has 0 bridgehead atoms. The van der Waals surface area contributed by atoms with E-state index in [1.54, 1.807) is 23.0 Å². The lowest BCUT2D eigenvalue weighted by molar-refractivity contribution is -0.125. The number of carbonyl (C=O) groups excluding carboxylic acids is 1. The van der Waals surface area contributed by atoms with Gasteiger partial charge in [0, 0.05) is 17.6 Å². The van der Waals surface area contributed by atoms with Gasteiger partial charge in [-0.3, -0.25) is 9.78 Å². The van der Waals surface area contributed by atoms with Crippen molar-refractivity contribution >= 4 is 17.2 Å². The fourth-order valence-corrected chi connectivity index (χ4v) is 2.20. The number of thiazole rings is 1. The normalized spacial score (nSPS) is 13.4. The molecule has 1 aromatic rings.